The maximum absolute atomic E-state index is 11.1. The predicted molar refractivity (Wildman–Crippen MR) is 44.9 cm³/mol. The molecule has 0 unspecified atom stereocenters. The SMILES string of the molecule is COC(=O)c1ncc(Cl)nc1OC. The molecule has 0 spiro atoms. The fraction of sp³-hybridized carbons (Fsp3) is 0.286. The average Bonchev–Trinajstić information content (AvgIpc) is 2.16. The first-order chi connectivity index (χ1) is 6.19. The summed E-state index contributed by atoms with van der Waals surface area (Å²) in [5, 5.41) is 0.157. The Morgan fingerprint density at radius 1 is 1.54 bits per heavy atom. The molecule has 0 aliphatic carbocycles. The van der Waals surface area contributed by atoms with Gasteiger partial charge in [0.25, 0.3) is 0 Å². The van der Waals surface area contributed by atoms with Crippen molar-refractivity contribution in [3.63, 3.8) is 0 Å². The van der Waals surface area contributed by atoms with Gasteiger partial charge in [-0.2, -0.15) is 4.98 Å². The minimum absolute atomic E-state index is 0.00870. The Hall–Kier alpha value is -1.36. The minimum atomic E-state index is -0.610. The van der Waals surface area contributed by atoms with Gasteiger partial charge in [0.2, 0.25) is 11.6 Å². The Labute approximate surface area is 79.7 Å². The summed E-state index contributed by atoms with van der Waals surface area (Å²) in [4.78, 5) is 18.5. The fourth-order valence-corrected chi connectivity index (χ4v) is 0.856. The molecular formula is C7H7ClN2O3. The number of rotatable bonds is 2. The summed E-state index contributed by atoms with van der Waals surface area (Å²) < 4.78 is 9.24. The van der Waals surface area contributed by atoms with Gasteiger partial charge in [0.15, 0.2) is 5.15 Å². The molecule has 0 amide bonds. The van der Waals surface area contributed by atoms with Crippen molar-refractivity contribution < 1.29 is 14.3 Å². The first-order valence-electron chi connectivity index (χ1n) is 3.34. The Morgan fingerprint density at radius 3 is 2.77 bits per heavy atom. The van der Waals surface area contributed by atoms with Crippen molar-refractivity contribution in [1.29, 1.82) is 0 Å². The third-order valence-electron chi connectivity index (χ3n) is 1.28. The smallest absolute Gasteiger partial charge is 0.362 e. The van der Waals surface area contributed by atoms with Crippen molar-refractivity contribution >= 4 is 17.6 Å². The van der Waals surface area contributed by atoms with Crippen molar-refractivity contribution in [2.24, 2.45) is 0 Å². The number of nitrogens with zero attached hydrogens (tertiary/aromatic N) is 2. The predicted octanol–water partition coefficient (Wildman–Crippen LogP) is 0.925. The number of carbonyl (C=O) groups excluding carboxylic acids is 1. The summed E-state index contributed by atoms with van der Waals surface area (Å²) in [5.74, 6) is -0.555. The Kier molecular flexibility index (Phi) is 3.02. The highest BCUT2D eigenvalue weighted by Crippen LogP contribution is 2.15. The van der Waals surface area contributed by atoms with Gasteiger partial charge in [0, 0.05) is 0 Å². The van der Waals surface area contributed by atoms with E-state index in [-0.39, 0.29) is 16.7 Å². The van der Waals surface area contributed by atoms with E-state index in [4.69, 9.17) is 16.3 Å². The van der Waals surface area contributed by atoms with E-state index >= 15 is 0 Å². The molecule has 1 heterocycles. The van der Waals surface area contributed by atoms with E-state index < -0.39 is 5.97 Å². The van der Waals surface area contributed by atoms with Gasteiger partial charge in [0.05, 0.1) is 20.4 Å². The number of aromatic nitrogens is 2. The van der Waals surface area contributed by atoms with Crippen LogP contribution >= 0.6 is 11.6 Å². The number of carbonyl (C=O) groups is 1. The molecule has 0 bridgehead atoms. The fourth-order valence-electron chi connectivity index (χ4n) is 0.731. The standard InChI is InChI=1S/C7H7ClN2O3/c1-12-6-5(7(11)13-2)9-3-4(8)10-6/h3H,1-2H3. The highest BCUT2D eigenvalue weighted by Gasteiger charge is 2.15. The van der Waals surface area contributed by atoms with Crippen LogP contribution in [0.4, 0.5) is 0 Å². The van der Waals surface area contributed by atoms with Crippen LogP contribution < -0.4 is 4.74 Å². The van der Waals surface area contributed by atoms with E-state index in [1.165, 1.54) is 20.4 Å². The quantitative estimate of drug-likeness (QED) is 0.668. The Balaban J connectivity index is 3.13. The first kappa shape index (κ1) is 9.73. The summed E-state index contributed by atoms with van der Waals surface area (Å²) in [6, 6.07) is 0. The maximum Gasteiger partial charge on any atom is 0.362 e. The number of hydrogen-bond acceptors (Lipinski definition) is 5. The summed E-state index contributed by atoms with van der Waals surface area (Å²) in [6.45, 7) is 0. The van der Waals surface area contributed by atoms with Gasteiger partial charge in [0.1, 0.15) is 0 Å². The van der Waals surface area contributed by atoms with Crippen LogP contribution in [0.25, 0.3) is 0 Å². The maximum atomic E-state index is 11.1. The van der Waals surface area contributed by atoms with Gasteiger partial charge < -0.3 is 9.47 Å². The number of halogens is 1. The summed E-state index contributed by atoms with van der Waals surface area (Å²) in [6.07, 6.45) is 1.25. The van der Waals surface area contributed by atoms with E-state index in [1.54, 1.807) is 0 Å². The third-order valence-corrected chi connectivity index (χ3v) is 1.47. The van der Waals surface area contributed by atoms with Crippen molar-refractivity contribution in [1.82, 2.24) is 9.97 Å². The van der Waals surface area contributed by atoms with Crippen molar-refractivity contribution in [3.8, 4) is 5.88 Å². The molecule has 0 radical (unpaired) electrons. The molecule has 0 aromatic carbocycles. The summed E-state index contributed by atoms with van der Waals surface area (Å²) in [7, 11) is 2.62. The molecule has 70 valence electrons. The van der Waals surface area contributed by atoms with Crippen LogP contribution in [-0.2, 0) is 4.74 Å². The molecule has 1 rings (SSSR count). The molecule has 0 atom stereocenters. The lowest BCUT2D eigenvalue weighted by Crippen LogP contribution is -2.08. The first-order valence-corrected chi connectivity index (χ1v) is 3.71. The number of hydrogen-bond donors (Lipinski definition) is 0. The third kappa shape index (κ3) is 2.06. The second-order valence-corrected chi connectivity index (χ2v) is 2.43. The van der Waals surface area contributed by atoms with E-state index in [0.29, 0.717) is 0 Å². The summed E-state index contributed by atoms with van der Waals surface area (Å²) >= 11 is 5.54. The van der Waals surface area contributed by atoms with Crippen molar-refractivity contribution in [3.05, 3.63) is 17.0 Å². The Morgan fingerprint density at radius 2 is 2.23 bits per heavy atom. The zero-order valence-corrected chi connectivity index (χ0v) is 7.83. The topological polar surface area (TPSA) is 61.3 Å². The van der Waals surface area contributed by atoms with Crippen LogP contribution in [0, 0.1) is 0 Å². The molecule has 13 heavy (non-hydrogen) atoms. The van der Waals surface area contributed by atoms with Crippen LogP contribution in [0.15, 0.2) is 6.20 Å². The molecule has 5 nitrogen and oxygen atoms in total. The molecule has 1 aromatic rings. The van der Waals surface area contributed by atoms with Crippen molar-refractivity contribution in [2.75, 3.05) is 14.2 Å². The monoisotopic (exact) mass is 202 g/mol. The normalized spacial score (nSPS) is 9.46. The highest BCUT2D eigenvalue weighted by atomic mass is 35.5. The number of ether oxygens (including phenoxy) is 2. The van der Waals surface area contributed by atoms with E-state index in [9.17, 15) is 4.79 Å². The molecule has 0 aliphatic rings. The molecule has 0 saturated heterocycles. The van der Waals surface area contributed by atoms with Crippen LogP contribution in [0.3, 0.4) is 0 Å². The van der Waals surface area contributed by atoms with E-state index in [1.807, 2.05) is 0 Å². The second-order valence-electron chi connectivity index (χ2n) is 2.04. The lowest BCUT2D eigenvalue weighted by molar-refractivity contribution is 0.0589. The van der Waals surface area contributed by atoms with Crippen LogP contribution in [0.1, 0.15) is 10.5 Å². The van der Waals surface area contributed by atoms with Gasteiger partial charge in [-0.3, -0.25) is 0 Å². The Bertz CT molecular complexity index is 330. The zero-order chi connectivity index (χ0) is 9.84. The molecular weight excluding hydrogens is 196 g/mol. The molecule has 1 aromatic heterocycles. The number of esters is 1. The summed E-state index contributed by atoms with van der Waals surface area (Å²) in [5.41, 5.74) is 0.00870. The molecule has 0 N–H and O–H groups in total. The van der Waals surface area contributed by atoms with Crippen LogP contribution in [0.5, 0.6) is 5.88 Å². The molecule has 0 saturated carbocycles. The molecule has 6 heteroatoms. The largest absolute Gasteiger partial charge is 0.479 e. The lowest BCUT2D eigenvalue weighted by atomic mass is 10.4. The highest BCUT2D eigenvalue weighted by molar-refractivity contribution is 6.29. The minimum Gasteiger partial charge on any atom is -0.479 e. The molecule has 0 aliphatic heterocycles. The van der Waals surface area contributed by atoms with Gasteiger partial charge in [-0.05, 0) is 0 Å². The van der Waals surface area contributed by atoms with E-state index in [2.05, 4.69) is 14.7 Å². The molecule has 0 fully saturated rings. The van der Waals surface area contributed by atoms with Gasteiger partial charge in [-0.15, -0.1) is 0 Å². The van der Waals surface area contributed by atoms with Crippen molar-refractivity contribution in [2.45, 2.75) is 0 Å². The van der Waals surface area contributed by atoms with Gasteiger partial charge in [-0.1, -0.05) is 11.6 Å². The number of methoxy groups -OCH3 is 2. The lowest BCUT2D eigenvalue weighted by Gasteiger charge is -2.03. The van der Waals surface area contributed by atoms with Crippen LogP contribution in [0.2, 0.25) is 5.15 Å². The van der Waals surface area contributed by atoms with E-state index in [0.717, 1.165) is 0 Å². The average molecular weight is 203 g/mol. The van der Waals surface area contributed by atoms with Gasteiger partial charge in [-0.25, -0.2) is 9.78 Å². The van der Waals surface area contributed by atoms with Crippen LogP contribution in [-0.4, -0.2) is 30.2 Å². The van der Waals surface area contributed by atoms with Gasteiger partial charge >= 0.3 is 5.97 Å². The zero-order valence-electron chi connectivity index (χ0n) is 7.07. The second kappa shape index (κ2) is 4.04.